The van der Waals surface area contributed by atoms with E-state index >= 15 is 0 Å². The Bertz CT molecular complexity index is 372. The van der Waals surface area contributed by atoms with Crippen molar-refractivity contribution >= 4 is 5.82 Å². The Morgan fingerprint density at radius 1 is 1.07 bits per heavy atom. The van der Waals surface area contributed by atoms with Crippen molar-refractivity contribution in [2.45, 2.75) is 41.5 Å². The van der Waals surface area contributed by atoms with Crippen LogP contribution in [-0.4, -0.2) is 9.97 Å². The van der Waals surface area contributed by atoms with Gasteiger partial charge in [0.25, 0.3) is 0 Å². The van der Waals surface area contributed by atoms with Gasteiger partial charge in [-0.15, -0.1) is 0 Å². The van der Waals surface area contributed by atoms with Crippen LogP contribution in [0.2, 0.25) is 0 Å². The predicted octanol–water partition coefficient (Wildman–Crippen LogP) is 2.82. The van der Waals surface area contributed by atoms with Crippen LogP contribution in [0.25, 0.3) is 0 Å². The molecular formula is C12H19N3. The lowest BCUT2D eigenvalue weighted by atomic mass is 10.2. The summed E-state index contributed by atoms with van der Waals surface area (Å²) in [5.41, 5.74) is 2.04. The first-order chi connectivity index (χ1) is 7.15. The minimum Gasteiger partial charge on any atom is -0.299 e. The highest BCUT2D eigenvalue weighted by Crippen LogP contribution is 2.13. The second-order valence-electron chi connectivity index (χ2n) is 2.83. The summed E-state index contributed by atoms with van der Waals surface area (Å²) >= 11 is 0. The molecule has 0 amide bonds. The number of nitrogens with one attached hydrogen (secondary N) is 1. The van der Waals surface area contributed by atoms with Gasteiger partial charge in [-0.1, -0.05) is 19.8 Å². The average molecular weight is 205 g/mol. The van der Waals surface area contributed by atoms with Gasteiger partial charge in [0, 0.05) is 17.3 Å². The normalized spacial score (nSPS) is 8.13. The number of hydrogen-bond donors (Lipinski definition) is 1. The lowest BCUT2D eigenvalue weighted by Gasteiger charge is -2.06. The number of aryl methyl sites for hydroxylation is 2. The van der Waals surface area contributed by atoms with E-state index in [1.165, 1.54) is 0 Å². The summed E-state index contributed by atoms with van der Waals surface area (Å²) < 4.78 is 0. The highest BCUT2D eigenvalue weighted by atomic mass is 15.0. The zero-order valence-electron chi connectivity index (χ0n) is 10.4. The maximum absolute atomic E-state index is 4.25. The molecule has 0 aliphatic rings. The van der Waals surface area contributed by atoms with E-state index in [4.69, 9.17) is 0 Å². The number of rotatable bonds is 1. The molecule has 15 heavy (non-hydrogen) atoms. The van der Waals surface area contributed by atoms with Crippen molar-refractivity contribution in [3.8, 4) is 12.0 Å². The molecule has 0 aliphatic carbocycles. The summed E-state index contributed by atoms with van der Waals surface area (Å²) in [6.45, 7) is 11.6. The second-order valence-corrected chi connectivity index (χ2v) is 2.83. The van der Waals surface area contributed by atoms with Crippen molar-refractivity contribution < 1.29 is 0 Å². The summed E-state index contributed by atoms with van der Waals surface area (Å²) in [5, 5.41) is 2.93. The van der Waals surface area contributed by atoms with Gasteiger partial charge < -0.3 is 0 Å². The number of hydrogen-bond acceptors (Lipinski definition) is 3. The molecule has 1 N–H and O–H groups in total. The van der Waals surface area contributed by atoms with Gasteiger partial charge in [0.05, 0.1) is 0 Å². The molecule has 82 valence electrons. The lowest BCUT2D eigenvalue weighted by molar-refractivity contribution is 0.992. The molecule has 1 aromatic rings. The summed E-state index contributed by atoms with van der Waals surface area (Å²) in [6, 6.07) is 2.77. The Balaban J connectivity index is 0.000000921. The maximum Gasteiger partial charge on any atom is 0.144 e. The molecule has 0 atom stereocenters. The zero-order valence-corrected chi connectivity index (χ0v) is 10.4. The van der Waals surface area contributed by atoms with Crippen LogP contribution in [0.15, 0.2) is 0 Å². The fourth-order valence-electron chi connectivity index (χ4n) is 1.01. The lowest BCUT2D eigenvalue weighted by Crippen LogP contribution is -2.02. The van der Waals surface area contributed by atoms with Gasteiger partial charge in [-0.2, -0.15) is 0 Å². The van der Waals surface area contributed by atoms with Crippen molar-refractivity contribution in [2.24, 2.45) is 0 Å². The fraction of sp³-hybridized carbons (Fsp3) is 0.500. The van der Waals surface area contributed by atoms with Gasteiger partial charge in [-0.05, 0) is 27.7 Å². The molecule has 3 heteroatoms. The molecule has 1 aromatic heterocycles. The zero-order chi connectivity index (χ0) is 11.8. The molecule has 1 heterocycles. The molecule has 0 bridgehead atoms. The Morgan fingerprint density at radius 3 is 2.20 bits per heavy atom. The molecule has 0 unspecified atom stereocenters. The Kier molecular flexibility index (Phi) is 6.12. The molecule has 1 rings (SSSR count). The Labute approximate surface area is 92.3 Å². The molecular weight excluding hydrogens is 186 g/mol. The summed E-state index contributed by atoms with van der Waals surface area (Å²) in [6.07, 6.45) is 0. The third kappa shape index (κ3) is 3.99. The monoisotopic (exact) mass is 205 g/mol. The van der Waals surface area contributed by atoms with Gasteiger partial charge in [-0.3, -0.25) is 5.32 Å². The Morgan fingerprint density at radius 2 is 1.67 bits per heavy atom. The van der Waals surface area contributed by atoms with Crippen molar-refractivity contribution in [1.29, 1.82) is 0 Å². The molecule has 0 saturated heterocycles. The molecule has 0 aliphatic heterocycles. The van der Waals surface area contributed by atoms with Crippen LogP contribution in [0.3, 0.4) is 0 Å². The smallest absolute Gasteiger partial charge is 0.144 e. The topological polar surface area (TPSA) is 37.8 Å². The molecule has 0 aromatic carbocycles. The van der Waals surface area contributed by atoms with Gasteiger partial charge in [0.1, 0.15) is 11.6 Å². The number of nitrogens with zero attached hydrogens (tertiary/aromatic N) is 2. The highest BCUT2D eigenvalue weighted by Gasteiger charge is 2.03. The second kappa shape index (κ2) is 6.83. The van der Waals surface area contributed by atoms with Gasteiger partial charge >= 0.3 is 0 Å². The van der Waals surface area contributed by atoms with E-state index in [2.05, 4.69) is 27.2 Å². The van der Waals surface area contributed by atoms with E-state index in [9.17, 15) is 0 Å². The number of anilines is 1. The summed E-state index contributed by atoms with van der Waals surface area (Å²) in [7, 11) is 0. The minimum absolute atomic E-state index is 0.767. The maximum atomic E-state index is 4.25. The first kappa shape index (κ1) is 13.4. The van der Waals surface area contributed by atoms with Crippen LogP contribution >= 0.6 is 0 Å². The van der Waals surface area contributed by atoms with Crippen molar-refractivity contribution in [2.75, 3.05) is 5.32 Å². The van der Waals surface area contributed by atoms with E-state index in [0.717, 1.165) is 22.9 Å². The van der Waals surface area contributed by atoms with E-state index in [1.54, 1.807) is 6.92 Å². The molecule has 3 nitrogen and oxygen atoms in total. The number of aromatic nitrogens is 2. The first-order valence-electron chi connectivity index (χ1n) is 5.14. The van der Waals surface area contributed by atoms with Gasteiger partial charge in [-0.25, -0.2) is 9.97 Å². The van der Waals surface area contributed by atoms with Crippen LogP contribution in [0.5, 0.6) is 0 Å². The third-order valence-electron chi connectivity index (χ3n) is 1.81. The first-order valence-corrected chi connectivity index (χ1v) is 5.14. The molecule has 0 fully saturated rings. The Hall–Kier alpha value is -1.56. The van der Waals surface area contributed by atoms with E-state index in [0.29, 0.717) is 0 Å². The van der Waals surface area contributed by atoms with Crippen molar-refractivity contribution in [1.82, 2.24) is 9.97 Å². The predicted molar refractivity (Wildman–Crippen MR) is 64.7 cm³/mol. The van der Waals surface area contributed by atoms with Crippen LogP contribution in [-0.2, 0) is 0 Å². The quantitative estimate of drug-likeness (QED) is 0.566. The van der Waals surface area contributed by atoms with Crippen molar-refractivity contribution in [3.63, 3.8) is 0 Å². The molecule has 0 spiro atoms. The molecule has 0 saturated carbocycles. The standard InChI is InChI=1S/C10H13N3.C2H6/c1-5-6-11-10-7(2)8(3)12-9(4)13-10;1-2/h1-4H3,(H,11,12,13);1-2H3. The van der Waals surface area contributed by atoms with Crippen molar-refractivity contribution in [3.05, 3.63) is 17.1 Å². The average Bonchev–Trinajstić information content (AvgIpc) is 2.24. The highest BCUT2D eigenvalue weighted by molar-refractivity contribution is 5.49. The van der Waals surface area contributed by atoms with Crippen LogP contribution in [0.1, 0.15) is 37.9 Å². The third-order valence-corrected chi connectivity index (χ3v) is 1.81. The van der Waals surface area contributed by atoms with Crippen LogP contribution in [0.4, 0.5) is 5.82 Å². The largest absolute Gasteiger partial charge is 0.299 e. The van der Waals surface area contributed by atoms with Gasteiger partial charge in [0.15, 0.2) is 0 Å². The van der Waals surface area contributed by atoms with E-state index < -0.39 is 0 Å². The van der Waals surface area contributed by atoms with Gasteiger partial charge in [0.2, 0.25) is 0 Å². The minimum atomic E-state index is 0.767. The van der Waals surface area contributed by atoms with Crippen LogP contribution in [0, 0.1) is 32.7 Å². The SMILES string of the molecule is CC.CC#CNc1nc(C)nc(C)c1C. The summed E-state index contributed by atoms with van der Waals surface area (Å²) in [4.78, 5) is 8.49. The van der Waals surface area contributed by atoms with Crippen LogP contribution < -0.4 is 5.32 Å². The summed E-state index contributed by atoms with van der Waals surface area (Å²) in [5.74, 6) is 4.33. The van der Waals surface area contributed by atoms with E-state index in [1.807, 2.05) is 34.6 Å². The van der Waals surface area contributed by atoms with E-state index in [-0.39, 0.29) is 0 Å². The molecule has 0 radical (unpaired) electrons. The fourth-order valence-corrected chi connectivity index (χ4v) is 1.01.